The van der Waals surface area contributed by atoms with Gasteiger partial charge in [-0.25, -0.2) is 10.2 Å². The van der Waals surface area contributed by atoms with Crippen LogP contribution in [0.3, 0.4) is 0 Å². The molecule has 0 saturated carbocycles. The average Bonchev–Trinajstić information content (AvgIpc) is 2.57. The fourth-order valence-electron chi connectivity index (χ4n) is 2.86. The summed E-state index contributed by atoms with van der Waals surface area (Å²) in [5.74, 6) is -0.112. The van der Waals surface area contributed by atoms with Crippen molar-refractivity contribution in [3.63, 3.8) is 0 Å². The molecule has 0 fully saturated rings. The van der Waals surface area contributed by atoms with Crippen LogP contribution in [0.2, 0.25) is 10.0 Å². The zero-order chi connectivity index (χ0) is 19.6. The Balaban J connectivity index is 1.75. The summed E-state index contributed by atoms with van der Waals surface area (Å²) in [5, 5.41) is 10.4. The summed E-state index contributed by atoms with van der Waals surface area (Å²) in [7, 11) is 0. The zero-order valence-corrected chi connectivity index (χ0v) is 16.3. The quantitative estimate of drug-likeness (QED) is 0.680. The summed E-state index contributed by atoms with van der Waals surface area (Å²) in [6, 6.07) is 11.7. The minimum absolute atomic E-state index is 0.112. The Morgan fingerprint density at radius 3 is 2.44 bits per heavy atom. The summed E-state index contributed by atoms with van der Waals surface area (Å²) in [5.41, 5.74) is 4.83. The molecule has 1 heterocycles. The molecule has 2 aromatic carbocycles. The predicted molar refractivity (Wildman–Crippen MR) is 109 cm³/mol. The van der Waals surface area contributed by atoms with E-state index < -0.39 is 11.4 Å². The van der Waals surface area contributed by atoms with Gasteiger partial charge < -0.3 is 10.6 Å². The number of anilines is 2. The number of nitrogens with one attached hydrogen (secondary N) is 3. The third kappa shape index (κ3) is 4.59. The van der Waals surface area contributed by atoms with Gasteiger partial charge in [0.1, 0.15) is 0 Å². The Kier molecular flexibility index (Phi) is 5.39. The van der Waals surface area contributed by atoms with Gasteiger partial charge in [0, 0.05) is 28.8 Å². The fraction of sp³-hybridized carbons (Fsp3) is 0.211. The van der Waals surface area contributed by atoms with Crippen LogP contribution in [0.15, 0.2) is 47.6 Å². The molecule has 2 aromatic rings. The number of carbonyl (C=O) groups is 2. The van der Waals surface area contributed by atoms with Crippen LogP contribution >= 0.6 is 23.2 Å². The molecular weight excluding hydrogens is 387 g/mol. The topological polar surface area (TPSA) is 82.6 Å². The maximum atomic E-state index is 12.3. The number of halogens is 2. The molecule has 3 amide bonds. The molecule has 3 rings (SSSR count). The normalized spacial score (nSPS) is 15.6. The minimum atomic E-state index is -0.413. The summed E-state index contributed by atoms with van der Waals surface area (Å²) >= 11 is 11.8. The van der Waals surface area contributed by atoms with Crippen LogP contribution in [0.25, 0.3) is 0 Å². The van der Waals surface area contributed by atoms with Crippen LogP contribution in [0.4, 0.5) is 16.2 Å². The van der Waals surface area contributed by atoms with Crippen LogP contribution < -0.4 is 16.1 Å². The molecule has 0 aromatic heterocycles. The van der Waals surface area contributed by atoms with E-state index in [1.165, 1.54) is 0 Å². The lowest BCUT2D eigenvalue weighted by Gasteiger charge is -2.29. The second-order valence-corrected chi connectivity index (χ2v) is 7.66. The number of hydrogen-bond acceptors (Lipinski definition) is 3. The fourth-order valence-corrected chi connectivity index (χ4v) is 3.16. The van der Waals surface area contributed by atoms with Gasteiger partial charge in [-0.2, -0.15) is 5.10 Å². The summed E-state index contributed by atoms with van der Waals surface area (Å²) in [6.07, 6.45) is 0.349. The van der Waals surface area contributed by atoms with E-state index in [2.05, 4.69) is 21.2 Å². The van der Waals surface area contributed by atoms with Crippen molar-refractivity contribution in [2.75, 3.05) is 10.6 Å². The lowest BCUT2D eigenvalue weighted by molar-refractivity contribution is -0.122. The maximum absolute atomic E-state index is 12.3. The average molecular weight is 405 g/mol. The molecule has 3 N–H and O–H groups in total. The van der Waals surface area contributed by atoms with E-state index in [0.29, 0.717) is 27.8 Å². The van der Waals surface area contributed by atoms with Crippen molar-refractivity contribution in [3.05, 3.63) is 58.1 Å². The van der Waals surface area contributed by atoms with Crippen LogP contribution in [-0.2, 0) is 4.79 Å². The van der Waals surface area contributed by atoms with E-state index in [4.69, 9.17) is 23.2 Å². The highest BCUT2D eigenvalue weighted by atomic mass is 35.5. The second-order valence-electron chi connectivity index (χ2n) is 6.84. The molecule has 1 aliphatic rings. The molecule has 8 heteroatoms. The van der Waals surface area contributed by atoms with Gasteiger partial charge in [0.15, 0.2) is 0 Å². The SMILES string of the molecule is CC1(C)CC(=O)NN=C1c1cccc(NC(=O)Nc2ccc(Cl)c(Cl)c2)c1. The standard InChI is InChI=1S/C19H18Cl2N4O2/c1-19(2)10-16(26)24-25-17(19)11-4-3-5-12(8-11)22-18(27)23-13-6-7-14(20)15(21)9-13/h3-9H,10H2,1-2H3,(H,24,26)(H2,22,23,27). The van der Waals surface area contributed by atoms with Crippen molar-refractivity contribution in [3.8, 4) is 0 Å². The van der Waals surface area contributed by atoms with Crippen molar-refractivity contribution in [1.29, 1.82) is 0 Å². The minimum Gasteiger partial charge on any atom is -0.308 e. The number of nitrogens with zero attached hydrogens (tertiary/aromatic N) is 1. The molecule has 27 heavy (non-hydrogen) atoms. The molecule has 0 bridgehead atoms. The van der Waals surface area contributed by atoms with Gasteiger partial charge in [0.25, 0.3) is 0 Å². The van der Waals surface area contributed by atoms with E-state index in [1.807, 2.05) is 32.0 Å². The van der Waals surface area contributed by atoms with Crippen molar-refractivity contribution >= 4 is 52.2 Å². The number of urea groups is 1. The van der Waals surface area contributed by atoms with Crippen LogP contribution in [0.5, 0.6) is 0 Å². The van der Waals surface area contributed by atoms with Gasteiger partial charge in [-0.1, -0.05) is 49.2 Å². The van der Waals surface area contributed by atoms with E-state index in [0.717, 1.165) is 11.3 Å². The predicted octanol–water partition coefficient (Wildman–Crippen LogP) is 4.89. The Morgan fingerprint density at radius 2 is 1.78 bits per heavy atom. The zero-order valence-electron chi connectivity index (χ0n) is 14.8. The smallest absolute Gasteiger partial charge is 0.308 e. The Labute approximate surface area is 166 Å². The van der Waals surface area contributed by atoms with E-state index in [9.17, 15) is 9.59 Å². The number of benzene rings is 2. The highest BCUT2D eigenvalue weighted by Gasteiger charge is 2.33. The third-order valence-corrected chi connectivity index (χ3v) is 4.85. The van der Waals surface area contributed by atoms with Gasteiger partial charge in [0.2, 0.25) is 5.91 Å². The summed E-state index contributed by atoms with van der Waals surface area (Å²) < 4.78 is 0. The monoisotopic (exact) mass is 404 g/mol. The number of rotatable bonds is 3. The van der Waals surface area contributed by atoms with Crippen molar-refractivity contribution < 1.29 is 9.59 Å². The molecule has 0 radical (unpaired) electrons. The molecule has 0 unspecified atom stereocenters. The number of hydrazone groups is 1. The van der Waals surface area contributed by atoms with Gasteiger partial charge in [-0.05, 0) is 30.3 Å². The lowest BCUT2D eigenvalue weighted by Crippen LogP contribution is -2.39. The first kappa shape index (κ1) is 19.2. The van der Waals surface area contributed by atoms with Crippen molar-refractivity contribution in [2.24, 2.45) is 10.5 Å². The third-order valence-electron chi connectivity index (χ3n) is 4.11. The van der Waals surface area contributed by atoms with Crippen molar-refractivity contribution in [1.82, 2.24) is 5.43 Å². The molecule has 140 valence electrons. The highest BCUT2D eigenvalue weighted by Crippen LogP contribution is 2.30. The Bertz CT molecular complexity index is 941. The number of carbonyl (C=O) groups excluding carboxylic acids is 2. The van der Waals surface area contributed by atoms with Gasteiger partial charge >= 0.3 is 6.03 Å². The van der Waals surface area contributed by atoms with Gasteiger partial charge in [-0.15, -0.1) is 0 Å². The largest absolute Gasteiger partial charge is 0.323 e. The van der Waals surface area contributed by atoms with Gasteiger partial charge in [-0.3, -0.25) is 4.79 Å². The summed E-state index contributed by atoms with van der Waals surface area (Å²) in [4.78, 5) is 23.8. The van der Waals surface area contributed by atoms with Crippen LogP contribution in [0, 0.1) is 5.41 Å². The molecule has 0 saturated heterocycles. The second kappa shape index (κ2) is 7.58. The first-order valence-corrected chi connectivity index (χ1v) is 9.01. The molecule has 0 spiro atoms. The van der Waals surface area contributed by atoms with E-state index in [-0.39, 0.29) is 5.91 Å². The highest BCUT2D eigenvalue weighted by molar-refractivity contribution is 6.42. The van der Waals surface area contributed by atoms with Crippen molar-refractivity contribution in [2.45, 2.75) is 20.3 Å². The number of hydrogen-bond donors (Lipinski definition) is 3. The maximum Gasteiger partial charge on any atom is 0.323 e. The Morgan fingerprint density at radius 1 is 1.07 bits per heavy atom. The Hall–Kier alpha value is -2.57. The lowest BCUT2D eigenvalue weighted by atomic mass is 9.79. The van der Waals surface area contributed by atoms with Crippen LogP contribution in [-0.4, -0.2) is 17.6 Å². The molecule has 1 aliphatic heterocycles. The molecule has 6 nitrogen and oxygen atoms in total. The molecule has 0 atom stereocenters. The van der Waals surface area contributed by atoms with Crippen LogP contribution in [0.1, 0.15) is 25.8 Å². The molecular formula is C19H18Cl2N4O2. The molecule has 0 aliphatic carbocycles. The van der Waals surface area contributed by atoms with Gasteiger partial charge in [0.05, 0.1) is 15.8 Å². The summed E-state index contributed by atoms with van der Waals surface area (Å²) in [6.45, 7) is 3.92. The first-order valence-electron chi connectivity index (χ1n) is 8.25. The first-order chi connectivity index (χ1) is 12.7. The van der Waals surface area contributed by atoms with E-state index >= 15 is 0 Å². The number of amides is 3. The van der Waals surface area contributed by atoms with E-state index in [1.54, 1.807) is 24.3 Å².